The van der Waals surface area contributed by atoms with Crippen LogP contribution in [0.1, 0.15) is 91.9 Å². The summed E-state index contributed by atoms with van der Waals surface area (Å²) in [6, 6.07) is 0. The van der Waals surface area contributed by atoms with Gasteiger partial charge in [-0.3, -0.25) is 0 Å². The molecule has 0 radical (unpaired) electrons. The predicted molar refractivity (Wildman–Crippen MR) is 126 cm³/mol. The number of fused-ring (bicyclic) bond motifs is 7. The molecule has 4 nitrogen and oxygen atoms in total. The van der Waals surface area contributed by atoms with Gasteiger partial charge in [0.15, 0.2) is 11.6 Å². The zero-order valence-corrected chi connectivity index (χ0v) is 21.4. The van der Waals surface area contributed by atoms with Crippen molar-refractivity contribution in [3.05, 3.63) is 0 Å². The molecule has 11 atom stereocenters. The number of hydrogen-bond donors (Lipinski definition) is 0. The summed E-state index contributed by atoms with van der Waals surface area (Å²) < 4.78 is 25.8. The van der Waals surface area contributed by atoms with E-state index in [0.717, 1.165) is 62.8 Å². The van der Waals surface area contributed by atoms with Crippen molar-refractivity contribution in [1.82, 2.24) is 0 Å². The molecule has 0 unspecified atom stereocenters. The van der Waals surface area contributed by atoms with Crippen molar-refractivity contribution in [2.24, 2.45) is 52.3 Å². The highest BCUT2D eigenvalue weighted by atomic mass is 16.7. The van der Waals surface area contributed by atoms with Gasteiger partial charge in [0.1, 0.15) is 0 Å². The lowest BCUT2D eigenvalue weighted by Gasteiger charge is -2.62. The van der Waals surface area contributed by atoms with Crippen LogP contribution >= 0.6 is 0 Å². The Hall–Kier alpha value is -0.160. The molecule has 7 rings (SSSR count). The van der Waals surface area contributed by atoms with Crippen molar-refractivity contribution in [2.75, 3.05) is 19.8 Å². The second-order valence-corrected chi connectivity index (χ2v) is 14.0. The third kappa shape index (κ3) is 2.90. The minimum absolute atomic E-state index is 0.236. The van der Waals surface area contributed by atoms with Crippen LogP contribution < -0.4 is 0 Å². The predicted octanol–water partition coefficient (Wildman–Crippen LogP) is 6.18. The quantitative estimate of drug-likeness (QED) is 0.435. The van der Waals surface area contributed by atoms with E-state index in [0.29, 0.717) is 34.7 Å². The van der Waals surface area contributed by atoms with Gasteiger partial charge in [-0.25, -0.2) is 0 Å². The summed E-state index contributed by atoms with van der Waals surface area (Å²) >= 11 is 0. The van der Waals surface area contributed by atoms with Crippen LogP contribution in [0.5, 0.6) is 0 Å². The Morgan fingerprint density at radius 2 is 1.58 bits per heavy atom. The summed E-state index contributed by atoms with van der Waals surface area (Å²) in [6.45, 7) is 12.6. The molecule has 0 aromatic heterocycles. The maximum absolute atomic E-state index is 6.95. The van der Waals surface area contributed by atoms with Crippen molar-refractivity contribution in [3.63, 3.8) is 0 Å². The first-order valence-electron chi connectivity index (χ1n) is 14.4. The first-order valence-corrected chi connectivity index (χ1v) is 14.4. The number of hydrogen-bond acceptors (Lipinski definition) is 4. The Morgan fingerprint density at radius 1 is 0.758 bits per heavy atom. The average Bonchev–Trinajstić information content (AvgIpc) is 3.44. The zero-order chi connectivity index (χ0) is 22.6. The molecule has 0 bridgehead atoms. The van der Waals surface area contributed by atoms with Crippen LogP contribution in [-0.4, -0.2) is 37.5 Å². The van der Waals surface area contributed by atoms with Gasteiger partial charge < -0.3 is 18.9 Å². The molecular weight excluding hydrogens is 412 g/mol. The van der Waals surface area contributed by atoms with Crippen molar-refractivity contribution in [3.8, 4) is 0 Å². The highest BCUT2D eigenvalue weighted by molar-refractivity contribution is 5.15. The van der Waals surface area contributed by atoms with Crippen LogP contribution in [0, 0.1) is 52.3 Å². The molecule has 33 heavy (non-hydrogen) atoms. The molecule has 3 saturated heterocycles. The van der Waals surface area contributed by atoms with E-state index >= 15 is 0 Å². The molecule has 0 aromatic carbocycles. The van der Waals surface area contributed by atoms with Crippen molar-refractivity contribution >= 4 is 0 Å². The van der Waals surface area contributed by atoms with Gasteiger partial charge in [-0.15, -0.1) is 0 Å². The first-order chi connectivity index (χ1) is 15.8. The topological polar surface area (TPSA) is 36.9 Å². The van der Waals surface area contributed by atoms with Gasteiger partial charge in [0, 0.05) is 25.2 Å². The van der Waals surface area contributed by atoms with E-state index in [-0.39, 0.29) is 11.6 Å². The van der Waals surface area contributed by atoms with Gasteiger partial charge in [-0.2, -0.15) is 0 Å². The highest BCUT2D eigenvalue weighted by Crippen LogP contribution is 2.71. The van der Waals surface area contributed by atoms with Crippen molar-refractivity contribution < 1.29 is 18.9 Å². The van der Waals surface area contributed by atoms with E-state index in [1.54, 1.807) is 0 Å². The average molecular weight is 459 g/mol. The van der Waals surface area contributed by atoms with E-state index in [1.165, 1.54) is 44.9 Å². The molecule has 0 amide bonds. The molecule has 3 heterocycles. The van der Waals surface area contributed by atoms with Gasteiger partial charge >= 0.3 is 0 Å². The Morgan fingerprint density at radius 3 is 2.33 bits per heavy atom. The lowest BCUT2D eigenvalue weighted by molar-refractivity contribution is -0.273. The third-order valence-corrected chi connectivity index (χ3v) is 12.7. The third-order valence-electron chi connectivity index (χ3n) is 12.7. The van der Waals surface area contributed by atoms with Gasteiger partial charge in [-0.1, -0.05) is 27.7 Å². The van der Waals surface area contributed by atoms with Gasteiger partial charge in [0.05, 0.1) is 25.9 Å². The van der Waals surface area contributed by atoms with Crippen LogP contribution in [0.15, 0.2) is 0 Å². The van der Waals surface area contributed by atoms with E-state index in [2.05, 4.69) is 27.7 Å². The van der Waals surface area contributed by atoms with Gasteiger partial charge in [0.25, 0.3) is 0 Å². The van der Waals surface area contributed by atoms with Crippen molar-refractivity contribution in [1.29, 1.82) is 0 Å². The summed E-state index contributed by atoms with van der Waals surface area (Å²) in [4.78, 5) is 0. The molecule has 2 spiro atoms. The molecule has 186 valence electrons. The Bertz CT molecular complexity index is 782. The lowest BCUT2D eigenvalue weighted by atomic mass is 9.44. The molecule has 7 fully saturated rings. The smallest absolute Gasteiger partial charge is 0.171 e. The number of rotatable bonds is 0. The standard InChI is InChI=1S/C29H46O4/c1-18-7-10-29(32-17-18)19(2)25-24(33-29)15-23-21-6-5-20-16-28(30-13-14-31-28)12-11-26(20,3)22(21)8-9-27(23,25)4/h18-25H,5-17H2,1-4H3/t18-,19+,20+,21-,22+,23-,24+,25+,26+,27+,29-/m1/s1. The van der Waals surface area contributed by atoms with E-state index in [9.17, 15) is 0 Å². The molecule has 4 heteroatoms. The molecule has 7 aliphatic rings. The van der Waals surface area contributed by atoms with Crippen LogP contribution in [0.4, 0.5) is 0 Å². The molecule has 0 N–H and O–H groups in total. The van der Waals surface area contributed by atoms with Crippen LogP contribution in [0.2, 0.25) is 0 Å². The summed E-state index contributed by atoms with van der Waals surface area (Å²) in [5.41, 5.74) is 0.900. The zero-order valence-electron chi connectivity index (χ0n) is 21.4. The Kier molecular flexibility index (Phi) is 4.82. The molecule has 4 saturated carbocycles. The maximum Gasteiger partial charge on any atom is 0.171 e. The summed E-state index contributed by atoms with van der Waals surface area (Å²) in [5.74, 6) is 4.73. The minimum atomic E-state index is -0.282. The fourth-order valence-corrected chi connectivity index (χ4v) is 11.0. The fourth-order valence-electron chi connectivity index (χ4n) is 11.0. The summed E-state index contributed by atoms with van der Waals surface area (Å²) in [5, 5.41) is 0. The second kappa shape index (κ2) is 7.20. The van der Waals surface area contributed by atoms with Crippen LogP contribution in [0.25, 0.3) is 0 Å². The Balaban J connectivity index is 1.13. The van der Waals surface area contributed by atoms with Crippen LogP contribution in [-0.2, 0) is 18.9 Å². The molecular formula is C29H46O4. The first kappa shape index (κ1) is 22.1. The largest absolute Gasteiger partial charge is 0.349 e. The van der Waals surface area contributed by atoms with Gasteiger partial charge in [0.2, 0.25) is 0 Å². The molecule has 0 aromatic rings. The SMILES string of the molecule is C[C@@H]1CC[C@@]2(OC1)O[C@H]1C[C@@H]3[C@@H]4CC[C@H]5CC6(CC[C@]5(C)[C@H]4CC[C@]3(C)[C@H]1[C@@H]2C)OCCO6. The molecule has 3 aliphatic heterocycles. The van der Waals surface area contributed by atoms with E-state index in [4.69, 9.17) is 18.9 Å². The van der Waals surface area contributed by atoms with Crippen LogP contribution in [0.3, 0.4) is 0 Å². The van der Waals surface area contributed by atoms with E-state index < -0.39 is 0 Å². The minimum Gasteiger partial charge on any atom is -0.349 e. The second-order valence-electron chi connectivity index (χ2n) is 14.0. The van der Waals surface area contributed by atoms with E-state index in [1.807, 2.05) is 0 Å². The Labute approximate surface area is 200 Å². The summed E-state index contributed by atoms with van der Waals surface area (Å²) in [6.07, 6.45) is 13.2. The maximum atomic E-state index is 6.95. The lowest BCUT2D eigenvalue weighted by Crippen LogP contribution is -2.56. The summed E-state index contributed by atoms with van der Waals surface area (Å²) in [7, 11) is 0. The monoisotopic (exact) mass is 458 g/mol. The fraction of sp³-hybridized carbons (Fsp3) is 1.00. The van der Waals surface area contributed by atoms with Crippen molar-refractivity contribution in [2.45, 2.75) is 110 Å². The highest BCUT2D eigenvalue weighted by Gasteiger charge is 2.69. The molecule has 4 aliphatic carbocycles. The normalized spacial score (nSPS) is 59.3. The number of ether oxygens (including phenoxy) is 4. The van der Waals surface area contributed by atoms with Gasteiger partial charge in [-0.05, 0) is 91.3 Å².